The highest BCUT2D eigenvalue weighted by atomic mass is 32.1. The number of aromatic nitrogens is 1. The second kappa shape index (κ2) is 7.82. The molecule has 0 spiro atoms. The van der Waals surface area contributed by atoms with E-state index in [1.807, 2.05) is 19.2 Å². The molecule has 2 rings (SSSR count). The highest BCUT2D eigenvalue weighted by molar-refractivity contribution is 7.09. The second-order valence-corrected chi connectivity index (χ2v) is 6.00. The number of rotatable bonds is 6. The monoisotopic (exact) mass is 335 g/mol. The Kier molecular flexibility index (Phi) is 5.81. The molecule has 2 aromatic rings. The molecule has 0 aliphatic rings. The first-order valence-electron chi connectivity index (χ1n) is 7.27. The molecular formula is C16H21N3O3S. The summed E-state index contributed by atoms with van der Waals surface area (Å²) in [5.41, 5.74) is 1.54. The summed E-state index contributed by atoms with van der Waals surface area (Å²) in [6, 6.07) is 5.09. The van der Waals surface area contributed by atoms with Gasteiger partial charge in [-0.1, -0.05) is 0 Å². The highest BCUT2D eigenvalue weighted by Crippen LogP contribution is 2.30. The molecule has 1 N–H and O–H groups in total. The van der Waals surface area contributed by atoms with Crippen LogP contribution >= 0.6 is 11.3 Å². The van der Waals surface area contributed by atoms with E-state index in [9.17, 15) is 4.79 Å². The number of aryl methyl sites for hydroxylation is 1. The minimum atomic E-state index is -0.205. The number of anilines is 1. The Balaban J connectivity index is 2.02. The van der Waals surface area contributed by atoms with Crippen molar-refractivity contribution in [2.45, 2.75) is 20.4 Å². The normalized spacial score (nSPS) is 10.3. The number of amides is 2. The van der Waals surface area contributed by atoms with Gasteiger partial charge in [-0.05, 0) is 26.0 Å². The maximum absolute atomic E-state index is 12.3. The Labute approximate surface area is 140 Å². The lowest BCUT2D eigenvalue weighted by Gasteiger charge is -2.18. The molecule has 0 saturated carbocycles. The van der Waals surface area contributed by atoms with Crippen LogP contribution in [0.3, 0.4) is 0 Å². The quantitative estimate of drug-likeness (QED) is 0.877. The van der Waals surface area contributed by atoms with Crippen molar-refractivity contribution in [3.63, 3.8) is 0 Å². The molecule has 0 atom stereocenters. The molecule has 7 heteroatoms. The minimum absolute atomic E-state index is 0.205. The topological polar surface area (TPSA) is 63.7 Å². The Bertz CT molecular complexity index is 672. The molecule has 124 valence electrons. The molecule has 0 aliphatic heterocycles. The number of hydrogen-bond donors (Lipinski definition) is 1. The first-order valence-corrected chi connectivity index (χ1v) is 8.15. The van der Waals surface area contributed by atoms with Crippen LogP contribution in [0.4, 0.5) is 10.5 Å². The summed E-state index contributed by atoms with van der Waals surface area (Å²) in [6.07, 6.45) is 0. The van der Waals surface area contributed by atoms with E-state index in [2.05, 4.69) is 10.3 Å². The minimum Gasteiger partial charge on any atom is -0.493 e. The Morgan fingerprint density at radius 3 is 2.78 bits per heavy atom. The van der Waals surface area contributed by atoms with E-state index in [4.69, 9.17) is 9.47 Å². The molecule has 0 fully saturated rings. The molecule has 0 aliphatic carbocycles. The van der Waals surface area contributed by atoms with Gasteiger partial charge in [-0.25, -0.2) is 9.78 Å². The summed E-state index contributed by atoms with van der Waals surface area (Å²) in [6.45, 7) is 4.83. The van der Waals surface area contributed by atoms with E-state index in [-0.39, 0.29) is 6.03 Å². The van der Waals surface area contributed by atoms with E-state index in [1.54, 1.807) is 48.6 Å². The number of carbonyl (C=O) groups is 1. The Hall–Kier alpha value is -2.28. The molecule has 2 amide bonds. The molecule has 0 unspecified atom stereocenters. The number of hydrogen-bond acceptors (Lipinski definition) is 5. The summed E-state index contributed by atoms with van der Waals surface area (Å²) in [5, 5.41) is 5.79. The molecule has 1 aromatic heterocycles. The number of benzene rings is 1. The third-order valence-corrected chi connectivity index (χ3v) is 3.95. The first kappa shape index (κ1) is 17.1. The SMILES string of the molecule is CCOc1cc(NC(=O)N(C)Cc2csc(C)n2)ccc1OC. The van der Waals surface area contributed by atoms with Crippen LogP contribution in [0.5, 0.6) is 11.5 Å². The van der Waals surface area contributed by atoms with E-state index in [1.165, 1.54) is 0 Å². The third kappa shape index (κ3) is 4.59. The number of methoxy groups -OCH3 is 1. The van der Waals surface area contributed by atoms with Crippen molar-refractivity contribution in [2.75, 3.05) is 26.1 Å². The zero-order valence-electron chi connectivity index (χ0n) is 13.8. The molecule has 23 heavy (non-hydrogen) atoms. The van der Waals surface area contributed by atoms with E-state index >= 15 is 0 Å². The maximum atomic E-state index is 12.3. The fraction of sp³-hybridized carbons (Fsp3) is 0.375. The van der Waals surface area contributed by atoms with Gasteiger partial charge in [-0.15, -0.1) is 11.3 Å². The van der Waals surface area contributed by atoms with Crippen LogP contribution < -0.4 is 14.8 Å². The predicted octanol–water partition coefficient (Wildman–Crippen LogP) is 3.52. The van der Waals surface area contributed by atoms with Crippen LogP contribution in [0.1, 0.15) is 17.6 Å². The lowest BCUT2D eigenvalue weighted by atomic mass is 10.2. The molecule has 1 aromatic carbocycles. The van der Waals surface area contributed by atoms with E-state index in [0.717, 1.165) is 10.7 Å². The van der Waals surface area contributed by atoms with Crippen molar-refractivity contribution in [1.82, 2.24) is 9.88 Å². The second-order valence-electron chi connectivity index (χ2n) is 4.94. The van der Waals surface area contributed by atoms with E-state index in [0.29, 0.717) is 30.3 Å². The van der Waals surface area contributed by atoms with Gasteiger partial charge in [0.1, 0.15) is 0 Å². The van der Waals surface area contributed by atoms with Gasteiger partial charge >= 0.3 is 6.03 Å². The van der Waals surface area contributed by atoms with Gasteiger partial charge in [0.05, 0.1) is 31.0 Å². The summed E-state index contributed by atoms with van der Waals surface area (Å²) in [5.74, 6) is 1.24. The van der Waals surface area contributed by atoms with Gasteiger partial charge in [-0.3, -0.25) is 0 Å². The highest BCUT2D eigenvalue weighted by Gasteiger charge is 2.13. The van der Waals surface area contributed by atoms with E-state index < -0.39 is 0 Å². The molecule has 0 bridgehead atoms. The van der Waals surface area contributed by atoms with Crippen molar-refractivity contribution in [3.05, 3.63) is 34.3 Å². The standard InChI is InChI=1S/C16H21N3O3S/c1-5-22-15-8-12(6-7-14(15)21-4)18-16(20)19(3)9-13-10-23-11(2)17-13/h6-8,10H,5,9H2,1-4H3,(H,18,20). The van der Waals surface area contributed by atoms with Gasteiger partial charge < -0.3 is 19.7 Å². The van der Waals surface area contributed by atoms with Crippen molar-refractivity contribution in [1.29, 1.82) is 0 Å². The van der Waals surface area contributed by atoms with Crippen LogP contribution in [0.2, 0.25) is 0 Å². The van der Waals surface area contributed by atoms with Gasteiger partial charge in [0.15, 0.2) is 11.5 Å². The van der Waals surface area contributed by atoms with Crippen LogP contribution in [-0.4, -0.2) is 36.7 Å². The molecular weight excluding hydrogens is 314 g/mol. The van der Waals surface area contributed by atoms with Gasteiger partial charge in [-0.2, -0.15) is 0 Å². The predicted molar refractivity (Wildman–Crippen MR) is 91.5 cm³/mol. The third-order valence-electron chi connectivity index (χ3n) is 3.13. The van der Waals surface area contributed by atoms with Crippen LogP contribution in [0.15, 0.2) is 23.6 Å². The van der Waals surface area contributed by atoms with Crippen LogP contribution in [-0.2, 0) is 6.54 Å². The van der Waals surface area contributed by atoms with Crippen molar-refractivity contribution in [2.24, 2.45) is 0 Å². The molecule has 1 heterocycles. The van der Waals surface area contributed by atoms with Crippen LogP contribution in [0, 0.1) is 6.92 Å². The largest absolute Gasteiger partial charge is 0.493 e. The average Bonchev–Trinajstić information content (AvgIpc) is 2.93. The van der Waals surface area contributed by atoms with Crippen molar-refractivity contribution < 1.29 is 14.3 Å². The number of thiazole rings is 1. The lowest BCUT2D eigenvalue weighted by molar-refractivity contribution is 0.220. The zero-order valence-corrected chi connectivity index (χ0v) is 14.6. The van der Waals surface area contributed by atoms with Crippen molar-refractivity contribution in [3.8, 4) is 11.5 Å². The number of ether oxygens (including phenoxy) is 2. The molecule has 0 saturated heterocycles. The van der Waals surface area contributed by atoms with Gasteiger partial charge in [0, 0.05) is 24.2 Å². The fourth-order valence-electron chi connectivity index (χ4n) is 2.04. The summed E-state index contributed by atoms with van der Waals surface area (Å²) < 4.78 is 10.7. The molecule has 0 radical (unpaired) electrons. The maximum Gasteiger partial charge on any atom is 0.321 e. The number of nitrogens with one attached hydrogen (secondary N) is 1. The fourth-order valence-corrected chi connectivity index (χ4v) is 2.64. The zero-order chi connectivity index (χ0) is 16.8. The van der Waals surface area contributed by atoms with Crippen LogP contribution in [0.25, 0.3) is 0 Å². The number of carbonyl (C=O) groups excluding carboxylic acids is 1. The smallest absolute Gasteiger partial charge is 0.321 e. The number of nitrogens with zero attached hydrogens (tertiary/aromatic N) is 2. The first-order chi connectivity index (χ1) is 11.0. The van der Waals surface area contributed by atoms with Crippen molar-refractivity contribution >= 4 is 23.1 Å². The average molecular weight is 335 g/mol. The van der Waals surface area contributed by atoms with Gasteiger partial charge in [0.25, 0.3) is 0 Å². The summed E-state index contributed by atoms with van der Waals surface area (Å²) in [4.78, 5) is 18.2. The van der Waals surface area contributed by atoms with Gasteiger partial charge in [0.2, 0.25) is 0 Å². The Morgan fingerprint density at radius 1 is 1.39 bits per heavy atom. The lowest BCUT2D eigenvalue weighted by Crippen LogP contribution is -2.30. The summed E-state index contributed by atoms with van der Waals surface area (Å²) >= 11 is 1.57. The number of urea groups is 1. The molecule has 6 nitrogen and oxygen atoms in total. The Morgan fingerprint density at radius 2 is 2.17 bits per heavy atom. The summed E-state index contributed by atoms with van der Waals surface area (Å²) in [7, 11) is 3.32.